The number of likely N-dealkylation sites (N-methyl/N-ethyl adjacent to an activating group) is 1. The van der Waals surface area contributed by atoms with Crippen LogP contribution in [0.4, 0.5) is 0 Å². The molecule has 1 aliphatic rings. The second-order valence-electron chi connectivity index (χ2n) is 5.40. The second kappa shape index (κ2) is 5.97. The van der Waals surface area contributed by atoms with Gasteiger partial charge in [0.1, 0.15) is 12.3 Å². The fourth-order valence-corrected chi connectivity index (χ4v) is 3.18. The van der Waals surface area contributed by atoms with Crippen LogP contribution in [0.25, 0.3) is 0 Å². The Hall–Kier alpha value is -1.69. The Kier molecular flexibility index (Phi) is 4.46. The molecule has 0 bridgehead atoms. The molecule has 0 spiro atoms. The first-order valence-corrected chi connectivity index (χ1v) is 8.83. The molecule has 2 unspecified atom stereocenters. The second-order valence-corrected chi connectivity index (χ2v) is 7.42. The van der Waals surface area contributed by atoms with Crippen LogP contribution in [0, 0.1) is 5.92 Å². The third-order valence-electron chi connectivity index (χ3n) is 3.89. The molecule has 0 amide bonds. The Morgan fingerprint density at radius 2 is 1.95 bits per heavy atom. The van der Waals surface area contributed by atoms with Gasteiger partial charge in [-0.15, -0.1) is 0 Å². The highest BCUT2D eigenvalue weighted by Crippen LogP contribution is 2.26. The van der Waals surface area contributed by atoms with Crippen LogP contribution < -0.4 is 0 Å². The van der Waals surface area contributed by atoms with Gasteiger partial charge in [-0.3, -0.25) is 5.01 Å². The zero-order valence-corrected chi connectivity index (χ0v) is 13.3. The summed E-state index contributed by atoms with van der Waals surface area (Å²) in [5, 5.41) is 6.20. The maximum Gasteiger partial charge on any atom is 0.175 e. The smallest absolute Gasteiger partial charge is 0.175 e. The lowest BCUT2D eigenvalue weighted by atomic mass is 9.87. The SMILES string of the molecule is CCC1CC(C=O)N(C)N=C1c1ccc(S(C)(=O)=O)cc1. The van der Waals surface area contributed by atoms with Crippen molar-refractivity contribution >= 4 is 21.8 Å². The van der Waals surface area contributed by atoms with Crippen LogP contribution in [-0.2, 0) is 14.6 Å². The van der Waals surface area contributed by atoms with Gasteiger partial charge in [-0.25, -0.2) is 8.42 Å². The molecule has 1 aliphatic heterocycles. The van der Waals surface area contributed by atoms with Gasteiger partial charge < -0.3 is 4.79 Å². The Bertz CT molecular complexity index is 650. The lowest BCUT2D eigenvalue weighted by molar-refractivity contribution is -0.112. The fourth-order valence-electron chi connectivity index (χ4n) is 2.55. The van der Waals surface area contributed by atoms with E-state index in [-0.39, 0.29) is 12.0 Å². The lowest BCUT2D eigenvalue weighted by Gasteiger charge is -2.32. The topological polar surface area (TPSA) is 66.8 Å². The Balaban J connectivity index is 2.37. The van der Waals surface area contributed by atoms with Crippen LogP contribution in [0.15, 0.2) is 34.3 Å². The summed E-state index contributed by atoms with van der Waals surface area (Å²) >= 11 is 0. The number of hydrogen-bond acceptors (Lipinski definition) is 5. The lowest BCUT2D eigenvalue weighted by Crippen LogP contribution is -2.39. The van der Waals surface area contributed by atoms with Gasteiger partial charge in [0, 0.05) is 19.2 Å². The summed E-state index contributed by atoms with van der Waals surface area (Å²) in [5.41, 5.74) is 1.82. The number of carbonyl (C=O) groups is 1. The minimum absolute atomic E-state index is 0.186. The monoisotopic (exact) mass is 308 g/mol. The third-order valence-corrected chi connectivity index (χ3v) is 5.01. The van der Waals surface area contributed by atoms with Crippen LogP contribution in [-0.4, -0.2) is 44.8 Å². The summed E-state index contributed by atoms with van der Waals surface area (Å²) in [6.45, 7) is 2.07. The normalized spacial score (nSPS) is 22.8. The van der Waals surface area contributed by atoms with Gasteiger partial charge in [-0.2, -0.15) is 5.10 Å². The molecule has 0 aliphatic carbocycles. The van der Waals surface area contributed by atoms with E-state index < -0.39 is 9.84 Å². The van der Waals surface area contributed by atoms with Gasteiger partial charge in [0.05, 0.1) is 10.6 Å². The van der Waals surface area contributed by atoms with E-state index in [1.807, 2.05) is 0 Å². The number of carbonyl (C=O) groups excluding carboxylic acids is 1. The first-order chi connectivity index (χ1) is 9.86. The number of nitrogens with zero attached hydrogens (tertiary/aromatic N) is 2. The summed E-state index contributed by atoms with van der Waals surface area (Å²) in [7, 11) is -1.40. The summed E-state index contributed by atoms with van der Waals surface area (Å²) in [5.74, 6) is 0.209. The highest BCUT2D eigenvalue weighted by molar-refractivity contribution is 7.90. The Morgan fingerprint density at radius 3 is 2.43 bits per heavy atom. The largest absolute Gasteiger partial charge is 0.301 e. The van der Waals surface area contributed by atoms with E-state index in [4.69, 9.17) is 0 Å². The van der Waals surface area contributed by atoms with Crippen molar-refractivity contribution in [2.24, 2.45) is 11.0 Å². The molecule has 0 aromatic heterocycles. The van der Waals surface area contributed by atoms with Crippen LogP contribution in [0.5, 0.6) is 0 Å². The van der Waals surface area contributed by atoms with Crippen LogP contribution >= 0.6 is 0 Å². The molecule has 0 radical (unpaired) electrons. The zero-order valence-electron chi connectivity index (χ0n) is 12.5. The van der Waals surface area contributed by atoms with Crippen molar-refractivity contribution in [3.8, 4) is 0 Å². The molecule has 0 saturated carbocycles. The maximum atomic E-state index is 11.5. The van der Waals surface area contributed by atoms with E-state index in [1.54, 1.807) is 36.3 Å². The van der Waals surface area contributed by atoms with Gasteiger partial charge in [-0.1, -0.05) is 19.1 Å². The van der Waals surface area contributed by atoms with Crippen molar-refractivity contribution in [3.63, 3.8) is 0 Å². The molecule has 0 saturated heterocycles. The van der Waals surface area contributed by atoms with Crippen LogP contribution in [0.2, 0.25) is 0 Å². The summed E-state index contributed by atoms with van der Waals surface area (Å²) < 4.78 is 23.0. The average Bonchev–Trinajstić information content (AvgIpc) is 2.46. The fraction of sp³-hybridized carbons (Fsp3) is 0.467. The molecule has 1 aromatic carbocycles. The van der Waals surface area contributed by atoms with E-state index in [0.29, 0.717) is 4.90 Å². The predicted octanol–water partition coefficient (Wildman–Crippen LogP) is 1.72. The molecule has 0 N–H and O–H groups in total. The molecule has 1 heterocycles. The van der Waals surface area contributed by atoms with Crippen molar-refractivity contribution < 1.29 is 13.2 Å². The van der Waals surface area contributed by atoms with Crippen molar-refractivity contribution in [2.75, 3.05) is 13.3 Å². The first-order valence-electron chi connectivity index (χ1n) is 6.94. The van der Waals surface area contributed by atoms with Crippen molar-refractivity contribution in [3.05, 3.63) is 29.8 Å². The van der Waals surface area contributed by atoms with Gasteiger partial charge >= 0.3 is 0 Å². The zero-order chi connectivity index (χ0) is 15.6. The molecule has 21 heavy (non-hydrogen) atoms. The molecule has 6 heteroatoms. The molecule has 1 aromatic rings. The van der Waals surface area contributed by atoms with Gasteiger partial charge in [-0.05, 0) is 30.5 Å². The molecule has 114 valence electrons. The van der Waals surface area contributed by atoms with Crippen LogP contribution in [0.1, 0.15) is 25.3 Å². The minimum Gasteiger partial charge on any atom is -0.301 e. The standard InChI is InChI=1S/C15H20N2O3S/c1-4-11-9-13(10-18)17(2)16-15(11)12-5-7-14(8-6-12)21(3,19)20/h5-8,10-11,13H,4,9H2,1-3H3. The van der Waals surface area contributed by atoms with E-state index in [2.05, 4.69) is 12.0 Å². The molecular weight excluding hydrogens is 288 g/mol. The number of hydrazone groups is 1. The highest BCUT2D eigenvalue weighted by atomic mass is 32.2. The van der Waals surface area contributed by atoms with Crippen molar-refractivity contribution in [2.45, 2.75) is 30.7 Å². The summed E-state index contributed by atoms with van der Waals surface area (Å²) in [6.07, 6.45) is 3.75. The minimum atomic E-state index is -3.19. The van der Waals surface area contributed by atoms with E-state index in [0.717, 1.165) is 30.4 Å². The Morgan fingerprint density at radius 1 is 1.33 bits per heavy atom. The first kappa shape index (κ1) is 15.7. The third kappa shape index (κ3) is 3.32. The molecule has 2 atom stereocenters. The number of benzene rings is 1. The quantitative estimate of drug-likeness (QED) is 0.794. The van der Waals surface area contributed by atoms with E-state index in [9.17, 15) is 13.2 Å². The van der Waals surface area contributed by atoms with Crippen molar-refractivity contribution in [1.29, 1.82) is 0 Å². The number of hydrogen-bond donors (Lipinski definition) is 0. The number of aldehydes is 1. The van der Waals surface area contributed by atoms with Gasteiger partial charge in [0.15, 0.2) is 9.84 Å². The van der Waals surface area contributed by atoms with E-state index in [1.165, 1.54) is 6.26 Å². The van der Waals surface area contributed by atoms with E-state index >= 15 is 0 Å². The van der Waals surface area contributed by atoms with Crippen molar-refractivity contribution in [1.82, 2.24) is 5.01 Å². The highest BCUT2D eigenvalue weighted by Gasteiger charge is 2.28. The van der Waals surface area contributed by atoms with Crippen LogP contribution in [0.3, 0.4) is 0 Å². The molecular formula is C15H20N2O3S. The average molecular weight is 308 g/mol. The molecule has 0 fully saturated rings. The Labute approximate surface area is 125 Å². The molecule has 5 nitrogen and oxygen atoms in total. The summed E-state index contributed by atoms with van der Waals surface area (Å²) in [4.78, 5) is 11.4. The number of sulfone groups is 1. The maximum absolute atomic E-state index is 11.5. The van der Waals surface area contributed by atoms with Gasteiger partial charge in [0.25, 0.3) is 0 Å². The summed E-state index contributed by atoms with van der Waals surface area (Å²) in [6, 6.07) is 6.59. The predicted molar refractivity (Wildman–Crippen MR) is 82.1 cm³/mol. The molecule has 2 rings (SSSR count). The van der Waals surface area contributed by atoms with Gasteiger partial charge in [0.2, 0.25) is 0 Å². The number of rotatable bonds is 4.